The lowest BCUT2D eigenvalue weighted by Crippen LogP contribution is -2.63. The summed E-state index contributed by atoms with van der Waals surface area (Å²) < 4.78 is 0. The van der Waals surface area contributed by atoms with E-state index >= 15 is 0 Å². The number of nitrogens with one attached hydrogen (secondary N) is 1. The van der Waals surface area contributed by atoms with Crippen molar-refractivity contribution in [2.24, 2.45) is 11.3 Å². The number of carbonyl (C=O) groups excluding carboxylic acids is 1. The minimum absolute atomic E-state index is 0.162. The lowest BCUT2D eigenvalue weighted by molar-refractivity contribution is -0.150. The fourth-order valence-corrected chi connectivity index (χ4v) is 4.55. The van der Waals surface area contributed by atoms with Crippen LogP contribution in [0.2, 0.25) is 0 Å². The van der Waals surface area contributed by atoms with Crippen LogP contribution >= 0.6 is 0 Å². The second kappa shape index (κ2) is 5.88. The maximum atomic E-state index is 13.3. The van der Waals surface area contributed by atoms with E-state index < -0.39 is 0 Å². The monoisotopic (exact) mass is 293 g/mol. The zero-order valence-corrected chi connectivity index (χ0v) is 13.9. The predicted octanol–water partition coefficient (Wildman–Crippen LogP) is 1.71. The second-order valence-corrected chi connectivity index (χ2v) is 7.69. The largest absolute Gasteiger partial charge is 0.337 e. The molecule has 120 valence electrons. The average Bonchev–Trinajstić information content (AvgIpc) is 2.96. The predicted molar refractivity (Wildman–Crippen MR) is 85.1 cm³/mol. The number of hydrogen-bond acceptors (Lipinski definition) is 3. The summed E-state index contributed by atoms with van der Waals surface area (Å²) in [5, 5.41) is 3.43. The smallest absolute Gasteiger partial charge is 0.230 e. The third-order valence-corrected chi connectivity index (χ3v) is 6.17. The third-order valence-electron chi connectivity index (χ3n) is 6.17. The normalized spacial score (nSPS) is 37.8. The van der Waals surface area contributed by atoms with Gasteiger partial charge in [0.05, 0.1) is 5.41 Å². The number of rotatable bonds is 2. The first kappa shape index (κ1) is 15.3. The molecule has 0 saturated carbocycles. The SMILES string of the molecule is CC1CN2CCCCC2CN1C(=O)C1(C(C)C)CCNC1. The molecule has 21 heavy (non-hydrogen) atoms. The average molecular weight is 293 g/mol. The van der Waals surface area contributed by atoms with Crippen LogP contribution in [0, 0.1) is 11.3 Å². The fraction of sp³-hybridized carbons (Fsp3) is 0.941. The number of carbonyl (C=O) groups is 1. The molecule has 3 unspecified atom stereocenters. The van der Waals surface area contributed by atoms with Gasteiger partial charge < -0.3 is 10.2 Å². The Morgan fingerprint density at radius 2 is 2.10 bits per heavy atom. The van der Waals surface area contributed by atoms with Crippen LogP contribution in [-0.2, 0) is 4.79 Å². The molecule has 3 atom stereocenters. The quantitative estimate of drug-likeness (QED) is 0.842. The van der Waals surface area contributed by atoms with Crippen molar-refractivity contribution in [3.63, 3.8) is 0 Å². The van der Waals surface area contributed by atoms with E-state index in [-0.39, 0.29) is 5.41 Å². The molecular formula is C17H31N3O. The van der Waals surface area contributed by atoms with Crippen LogP contribution in [0.4, 0.5) is 0 Å². The van der Waals surface area contributed by atoms with Crippen molar-refractivity contribution in [2.45, 2.75) is 58.5 Å². The molecule has 1 N–H and O–H groups in total. The Labute approximate surface area is 129 Å². The Balaban J connectivity index is 1.77. The minimum atomic E-state index is -0.162. The zero-order valence-electron chi connectivity index (χ0n) is 13.9. The highest BCUT2D eigenvalue weighted by molar-refractivity contribution is 5.84. The summed E-state index contributed by atoms with van der Waals surface area (Å²) in [4.78, 5) is 18.2. The summed E-state index contributed by atoms with van der Waals surface area (Å²) in [7, 11) is 0. The Kier molecular flexibility index (Phi) is 4.28. The molecule has 4 nitrogen and oxygen atoms in total. The van der Waals surface area contributed by atoms with Gasteiger partial charge in [-0.3, -0.25) is 9.69 Å². The van der Waals surface area contributed by atoms with Crippen molar-refractivity contribution in [1.29, 1.82) is 0 Å². The maximum Gasteiger partial charge on any atom is 0.230 e. The molecule has 3 aliphatic heterocycles. The lowest BCUT2D eigenvalue weighted by Gasteiger charge is -2.50. The molecule has 0 spiro atoms. The molecule has 3 heterocycles. The molecule has 0 aromatic carbocycles. The first-order valence-corrected chi connectivity index (χ1v) is 8.80. The summed E-state index contributed by atoms with van der Waals surface area (Å²) in [6.07, 6.45) is 4.93. The van der Waals surface area contributed by atoms with Crippen LogP contribution in [0.15, 0.2) is 0 Å². The number of fused-ring (bicyclic) bond motifs is 1. The van der Waals surface area contributed by atoms with Crippen LogP contribution in [0.1, 0.15) is 46.5 Å². The van der Waals surface area contributed by atoms with E-state index in [2.05, 4.69) is 35.9 Å². The van der Waals surface area contributed by atoms with Gasteiger partial charge in [0.15, 0.2) is 0 Å². The van der Waals surface area contributed by atoms with Gasteiger partial charge in [-0.1, -0.05) is 20.3 Å². The van der Waals surface area contributed by atoms with Crippen molar-refractivity contribution in [3.05, 3.63) is 0 Å². The van der Waals surface area contributed by atoms with Crippen molar-refractivity contribution >= 4 is 5.91 Å². The Bertz CT molecular complexity index is 389. The van der Waals surface area contributed by atoms with Gasteiger partial charge in [-0.05, 0) is 45.2 Å². The maximum absolute atomic E-state index is 13.3. The van der Waals surface area contributed by atoms with Crippen molar-refractivity contribution < 1.29 is 4.79 Å². The molecule has 0 aromatic heterocycles. The number of amides is 1. The molecule has 3 aliphatic rings. The van der Waals surface area contributed by atoms with Crippen LogP contribution in [0.25, 0.3) is 0 Å². The molecular weight excluding hydrogens is 262 g/mol. The molecule has 3 saturated heterocycles. The van der Waals surface area contributed by atoms with Crippen molar-refractivity contribution in [1.82, 2.24) is 15.1 Å². The molecule has 0 aliphatic carbocycles. The third kappa shape index (κ3) is 2.61. The highest BCUT2D eigenvalue weighted by Crippen LogP contribution is 2.38. The van der Waals surface area contributed by atoms with Crippen molar-refractivity contribution in [2.75, 3.05) is 32.7 Å². The first-order valence-electron chi connectivity index (χ1n) is 8.80. The highest BCUT2D eigenvalue weighted by Gasteiger charge is 2.48. The Morgan fingerprint density at radius 1 is 1.29 bits per heavy atom. The molecule has 1 amide bonds. The van der Waals surface area contributed by atoms with Gasteiger partial charge in [0.1, 0.15) is 0 Å². The molecule has 3 rings (SSSR count). The van der Waals surface area contributed by atoms with E-state index in [9.17, 15) is 4.79 Å². The van der Waals surface area contributed by atoms with Crippen molar-refractivity contribution in [3.8, 4) is 0 Å². The number of piperazine rings is 1. The van der Waals surface area contributed by atoms with Gasteiger partial charge in [-0.2, -0.15) is 0 Å². The molecule has 3 fully saturated rings. The van der Waals surface area contributed by atoms with Crippen LogP contribution in [-0.4, -0.2) is 60.5 Å². The Hall–Kier alpha value is -0.610. The van der Waals surface area contributed by atoms with Gasteiger partial charge >= 0.3 is 0 Å². The van der Waals surface area contributed by atoms with Gasteiger partial charge in [0.2, 0.25) is 5.91 Å². The van der Waals surface area contributed by atoms with E-state index in [4.69, 9.17) is 0 Å². The van der Waals surface area contributed by atoms with Crippen LogP contribution in [0.3, 0.4) is 0 Å². The number of piperidine rings is 1. The summed E-state index contributed by atoms with van der Waals surface area (Å²) in [6, 6.07) is 0.973. The van der Waals surface area contributed by atoms with E-state index in [0.29, 0.717) is 23.9 Å². The van der Waals surface area contributed by atoms with E-state index in [0.717, 1.165) is 32.6 Å². The molecule has 0 bridgehead atoms. The standard InChI is InChI=1S/C17H31N3O/c1-13(2)17(7-8-18-12-17)16(21)20-11-15-6-4-5-9-19(15)10-14(20)3/h13-15,18H,4-12H2,1-3H3. The first-order chi connectivity index (χ1) is 10.0. The van der Waals surface area contributed by atoms with Gasteiger partial charge in [0, 0.05) is 31.7 Å². The minimum Gasteiger partial charge on any atom is -0.337 e. The molecule has 0 aromatic rings. The molecule has 0 radical (unpaired) electrons. The number of hydrogen-bond donors (Lipinski definition) is 1. The summed E-state index contributed by atoms with van der Waals surface area (Å²) >= 11 is 0. The molecule has 4 heteroatoms. The van der Waals surface area contributed by atoms with Crippen LogP contribution < -0.4 is 5.32 Å². The fourth-order valence-electron chi connectivity index (χ4n) is 4.55. The summed E-state index contributed by atoms with van der Waals surface area (Å²) in [6.45, 7) is 11.8. The topological polar surface area (TPSA) is 35.6 Å². The number of nitrogens with zero attached hydrogens (tertiary/aromatic N) is 2. The summed E-state index contributed by atoms with van der Waals surface area (Å²) in [5.41, 5.74) is -0.162. The lowest BCUT2D eigenvalue weighted by atomic mass is 9.74. The van der Waals surface area contributed by atoms with Gasteiger partial charge in [0.25, 0.3) is 0 Å². The zero-order chi connectivity index (χ0) is 15.0. The van der Waals surface area contributed by atoms with Gasteiger partial charge in [-0.15, -0.1) is 0 Å². The summed E-state index contributed by atoms with van der Waals surface area (Å²) in [5.74, 6) is 0.830. The second-order valence-electron chi connectivity index (χ2n) is 7.69. The van der Waals surface area contributed by atoms with Gasteiger partial charge in [-0.25, -0.2) is 0 Å². The van der Waals surface area contributed by atoms with E-state index in [1.54, 1.807) is 0 Å². The van der Waals surface area contributed by atoms with Crippen LogP contribution in [0.5, 0.6) is 0 Å². The highest BCUT2D eigenvalue weighted by atomic mass is 16.2. The van der Waals surface area contributed by atoms with E-state index in [1.807, 2.05) is 0 Å². The van der Waals surface area contributed by atoms with E-state index in [1.165, 1.54) is 25.8 Å². The Morgan fingerprint density at radius 3 is 2.76 bits per heavy atom.